The molecule has 0 saturated carbocycles. The van der Waals surface area contributed by atoms with Crippen molar-refractivity contribution in [2.75, 3.05) is 12.3 Å². The zero-order valence-electron chi connectivity index (χ0n) is 13.1. The Morgan fingerprint density at radius 3 is 2.22 bits per heavy atom. The zero-order chi connectivity index (χ0) is 18.0. The summed E-state index contributed by atoms with van der Waals surface area (Å²) in [6, 6.07) is -3.36. The summed E-state index contributed by atoms with van der Waals surface area (Å²) in [5.41, 5.74) is 10.8. The second-order valence-corrected chi connectivity index (χ2v) is 5.56. The van der Waals surface area contributed by atoms with Gasteiger partial charge in [0.15, 0.2) is 0 Å². The number of aliphatic hydroxyl groups excluding tert-OH is 1. The molecule has 8 N–H and O–H groups in total. The molecule has 0 rings (SSSR count). The minimum Gasteiger partial charge on any atom is -0.480 e. The topological polar surface area (TPSA) is 168 Å². The summed E-state index contributed by atoms with van der Waals surface area (Å²) >= 11 is 3.87. The van der Waals surface area contributed by atoms with Crippen molar-refractivity contribution in [1.82, 2.24) is 10.6 Å². The standard InChI is InChI=1S/C13H26N4O5S/c1-7(18)10(17-11(19)8(15)6-23)12(20)16-9(13(21)22)4-2-3-5-14/h7-10,18,23H,2-6,14-15H2,1H3,(H,16,20)(H,17,19)(H,21,22). The number of thiol groups is 1. The van der Waals surface area contributed by atoms with Crippen LogP contribution >= 0.6 is 12.6 Å². The number of aliphatic carboxylic acids is 1. The van der Waals surface area contributed by atoms with Crippen molar-refractivity contribution in [1.29, 1.82) is 0 Å². The third kappa shape index (κ3) is 8.16. The highest BCUT2D eigenvalue weighted by Crippen LogP contribution is 2.03. The van der Waals surface area contributed by atoms with Crippen LogP contribution in [0.15, 0.2) is 0 Å². The van der Waals surface area contributed by atoms with Gasteiger partial charge < -0.3 is 32.3 Å². The quantitative estimate of drug-likeness (QED) is 0.164. The molecule has 0 aromatic carbocycles. The summed E-state index contributed by atoms with van der Waals surface area (Å²) in [4.78, 5) is 35.0. The number of nitrogens with one attached hydrogen (secondary N) is 2. The van der Waals surface area contributed by atoms with E-state index in [9.17, 15) is 19.5 Å². The SMILES string of the molecule is CC(O)C(NC(=O)C(N)CS)C(=O)NC(CCCCN)C(=O)O. The minimum atomic E-state index is -1.30. The molecule has 0 heterocycles. The maximum absolute atomic E-state index is 12.1. The minimum absolute atomic E-state index is 0.0663. The Kier molecular flexibility index (Phi) is 10.6. The summed E-state index contributed by atoms with van der Waals surface area (Å²) < 4.78 is 0. The van der Waals surface area contributed by atoms with Gasteiger partial charge in [-0.05, 0) is 32.7 Å². The number of hydrogen-bond donors (Lipinski definition) is 7. The van der Waals surface area contributed by atoms with E-state index in [2.05, 4.69) is 23.3 Å². The monoisotopic (exact) mass is 350 g/mol. The van der Waals surface area contributed by atoms with Crippen LogP contribution in [-0.2, 0) is 14.4 Å². The van der Waals surface area contributed by atoms with Gasteiger partial charge in [-0.15, -0.1) is 0 Å². The van der Waals surface area contributed by atoms with Crippen LogP contribution in [0.25, 0.3) is 0 Å². The number of nitrogens with two attached hydrogens (primary N) is 2. The first-order valence-electron chi connectivity index (χ1n) is 7.32. The molecule has 0 radical (unpaired) electrons. The number of carboxylic acid groups (broad SMARTS) is 1. The van der Waals surface area contributed by atoms with Crippen molar-refractivity contribution in [3.63, 3.8) is 0 Å². The molecule has 0 spiro atoms. The molecule has 4 atom stereocenters. The van der Waals surface area contributed by atoms with Crippen molar-refractivity contribution in [3.05, 3.63) is 0 Å². The second-order valence-electron chi connectivity index (χ2n) is 5.20. The first-order chi connectivity index (χ1) is 10.7. The van der Waals surface area contributed by atoms with Crippen molar-refractivity contribution in [2.24, 2.45) is 11.5 Å². The van der Waals surface area contributed by atoms with Gasteiger partial charge in [0, 0.05) is 5.75 Å². The Labute approximate surface area is 140 Å². The Balaban J connectivity index is 4.81. The van der Waals surface area contributed by atoms with Gasteiger partial charge in [0.05, 0.1) is 12.1 Å². The van der Waals surface area contributed by atoms with Gasteiger partial charge in [0.2, 0.25) is 11.8 Å². The van der Waals surface area contributed by atoms with Crippen LogP contribution in [0.1, 0.15) is 26.2 Å². The van der Waals surface area contributed by atoms with Crippen LogP contribution < -0.4 is 22.1 Å². The molecule has 134 valence electrons. The van der Waals surface area contributed by atoms with E-state index in [1.807, 2.05) is 0 Å². The second kappa shape index (κ2) is 11.2. The number of aliphatic hydroxyl groups is 1. The normalized spacial score (nSPS) is 16.0. The number of hydrogen-bond acceptors (Lipinski definition) is 7. The molecular formula is C13H26N4O5S. The zero-order valence-corrected chi connectivity index (χ0v) is 14.0. The summed E-state index contributed by atoms with van der Waals surface area (Å²) in [5, 5.41) is 23.4. The van der Waals surface area contributed by atoms with Gasteiger partial charge in [0.1, 0.15) is 12.1 Å². The molecule has 0 aliphatic heterocycles. The van der Waals surface area contributed by atoms with Crippen LogP contribution in [0.4, 0.5) is 0 Å². The third-order valence-corrected chi connectivity index (χ3v) is 3.55. The van der Waals surface area contributed by atoms with Gasteiger partial charge in [-0.1, -0.05) is 0 Å². The molecule has 23 heavy (non-hydrogen) atoms. The van der Waals surface area contributed by atoms with Gasteiger partial charge in [-0.3, -0.25) is 9.59 Å². The van der Waals surface area contributed by atoms with E-state index in [1.54, 1.807) is 0 Å². The van der Waals surface area contributed by atoms with Crippen LogP contribution in [0, 0.1) is 0 Å². The van der Waals surface area contributed by atoms with Crippen LogP contribution in [-0.4, -0.2) is 64.5 Å². The molecule has 0 bridgehead atoms. The molecular weight excluding hydrogens is 324 g/mol. The maximum Gasteiger partial charge on any atom is 0.326 e. The van der Waals surface area contributed by atoms with Crippen molar-refractivity contribution in [3.8, 4) is 0 Å². The molecule has 0 fully saturated rings. The lowest BCUT2D eigenvalue weighted by Gasteiger charge is -2.24. The highest BCUT2D eigenvalue weighted by Gasteiger charge is 2.30. The molecule has 0 saturated heterocycles. The number of amides is 2. The lowest BCUT2D eigenvalue weighted by Crippen LogP contribution is -2.58. The molecule has 0 aromatic heterocycles. The summed E-state index contributed by atoms with van der Waals surface area (Å²) in [5.74, 6) is -2.58. The summed E-state index contributed by atoms with van der Waals surface area (Å²) in [6.07, 6.45) is 0.149. The Hall–Kier alpha value is -1.36. The molecule has 0 aromatic rings. The van der Waals surface area contributed by atoms with Gasteiger partial charge in [-0.2, -0.15) is 12.6 Å². The molecule has 4 unspecified atom stereocenters. The number of carboxylic acids is 1. The van der Waals surface area contributed by atoms with E-state index in [4.69, 9.17) is 16.6 Å². The van der Waals surface area contributed by atoms with Gasteiger partial charge in [0.25, 0.3) is 0 Å². The van der Waals surface area contributed by atoms with Crippen LogP contribution in [0.5, 0.6) is 0 Å². The first kappa shape index (κ1) is 21.6. The molecule has 10 heteroatoms. The number of carbonyl (C=O) groups is 3. The van der Waals surface area contributed by atoms with E-state index < -0.39 is 42.0 Å². The maximum atomic E-state index is 12.1. The molecule has 0 aliphatic rings. The molecule has 0 aliphatic carbocycles. The van der Waals surface area contributed by atoms with Gasteiger partial charge >= 0.3 is 5.97 Å². The van der Waals surface area contributed by atoms with Crippen molar-refractivity contribution >= 4 is 30.4 Å². The summed E-state index contributed by atoms with van der Waals surface area (Å²) in [7, 11) is 0. The fraction of sp³-hybridized carbons (Fsp3) is 0.769. The van der Waals surface area contributed by atoms with E-state index >= 15 is 0 Å². The average molecular weight is 350 g/mol. The lowest BCUT2D eigenvalue weighted by atomic mass is 10.1. The van der Waals surface area contributed by atoms with Crippen molar-refractivity contribution in [2.45, 2.75) is 50.4 Å². The largest absolute Gasteiger partial charge is 0.480 e. The number of rotatable bonds is 11. The predicted octanol–water partition coefficient (Wildman–Crippen LogP) is -2.19. The Morgan fingerprint density at radius 1 is 1.17 bits per heavy atom. The van der Waals surface area contributed by atoms with Gasteiger partial charge in [-0.25, -0.2) is 4.79 Å². The predicted molar refractivity (Wildman–Crippen MR) is 87.9 cm³/mol. The summed E-state index contributed by atoms with van der Waals surface area (Å²) in [6.45, 7) is 1.73. The third-order valence-electron chi connectivity index (χ3n) is 3.16. The highest BCUT2D eigenvalue weighted by molar-refractivity contribution is 7.80. The van der Waals surface area contributed by atoms with E-state index in [0.29, 0.717) is 19.4 Å². The average Bonchev–Trinajstić information content (AvgIpc) is 2.49. The molecule has 9 nitrogen and oxygen atoms in total. The van der Waals surface area contributed by atoms with E-state index in [0.717, 1.165) is 0 Å². The number of carbonyl (C=O) groups excluding carboxylic acids is 2. The smallest absolute Gasteiger partial charge is 0.326 e. The van der Waals surface area contributed by atoms with Crippen LogP contribution in [0.3, 0.4) is 0 Å². The Morgan fingerprint density at radius 2 is 1.78 bits per heavy atom. The number of unbranched alkanes of at least 4 members (excludes halogenated alkanes) is 1. The fourth-order valence-corrected chi connectivity index (χ4v) is 1.93. The van der Waals surface area contributed by atoms with Crippen LogP contribution in [0.2, 0.25) is 0 Å². The van der Waals surface area contributed by atoms with E-state index in [-0.39, 0.29) is 12.2 Å². The highest BCUT2D eigenvalue weighted by atomic mass is 32.1. The van der Waals surface area contributed by atoms with Crippen molar-refractivity contribution < 1.29 is 24.6 Å². The fourth-order valence-electron chi connectivity index (χ4n) is 1.76. The lowest BCUT2D eigenvalue weighted by molar-refractivity contribution is -0.143. The Bertz CT molecular complexity index is 408. The molecule has 2 amide bonds. The first-order valence-corrected chi connectivity index (χ1v) is 7.95. The van der Waals surface area contributed by atoms with E-state index in [1.165, 1.54) is 6.92 Å².